The Bertz CT molecular complexity index is 247. The van der Waals surface area contributed by atoms with E-state index in [-0.39, 0.29) is 44.0 Å². The molecule has 0 bridgehead atoms. The number of hydrogen-bond acceptors (Lipinski definition) is 9. The molecule has 0 saturated carbocycles. The van der Waals surface area contributed by atoms with Crippen LogP contribution in [0.2, 0.25) is 0 Å². The van der Waals surface area contributed by atoms with Gasteiger partial charge in [-0.3, -0.25) is 9.59 Å². The minimum Gasteiger partial charge on any atom is -0.481 e. The molecular formula is C12H27BrO9S2. The molecule has 148 valence electrons. The van der Waals surface area contributed by atoms with Crippen molar-refractivity contribution in [3.05, 3.63) is 0 Å². The van der Waals surface area contributed by atoms with Gasteiger partial charge in [0.25, 0.3) is 0 Å². The molecule has 0 saturated heterocycles. The number of aliphatic hydroxyl groups is 4. The Morgan fingerprint density at radius 1 is 1.04 bits per heavy atom. The fraction of sp³-hybridized carbons (Fsp3) is 0.833. The van der Waals surface area contributed by atoms with Crippen molar-refractivity contribution in [2.45, 2.75) is 19.1 Å². The van der Waals surface area contributed by atoms with E-state index >= 15 is 0 Å². The molecule has 2 atom stereocenters. The molecule has 0 amide bonds. The second-order valence-corrected chi connectivity index (χ2v) is 4.97. The third-order valence-corrected chi connectivity index (χ3v) is 2.67. The Balaban J connectivity index is -0.000000121. The standard InChI is InChI=1S/C6H13BrO3.2C2H4O2S.C2H6O2/c1-5(3-8)10-4-6(9)2-7;2*3-2(4)1-5;3-1-2-4/h5-6,8-9H,2-4H2,1H3;2*5H,1H2,(H,3,4);3-4H,1-2H2. The molecule has 2 unspecified atom stereocenters. The van der Waals surface area contributed by atoms with Crippen molar-refractivity contribution in [3.8, 4) is 0 Å². The van der Waals surface area contributed by atoms with E-state index in [1.165, 1.54) is 0 Å². The van der Waals surface area contributed by atoms with Crippen LogP contribution in [0.3, 0.4) is 0 Å². The van der Waals surface area contributed by atoms with Crippen LogP contribution in [0.1, 0.15) is 6.92 Å². The molecule has 9 nitrogen and oxygen atoms in total. The van der Waals surface area contributed by atoms with Crippen LogP contribution >= 0.6 is 41.2 Å². The highest BCUT2D eigenvalue weighted by Crippen LogP contribution is 1.94. The van der Waals surface area contributed by atoms with Crippen molar-refractivity contribution in [2.24, 2.45) is 0 Å². The predicted octanol–water partition coefficient (Wildman–Crippen LogP) is -0.888. The first-order valence-electron chi connectivity index (χ1n) is 6.50. The highest BCUT2D eigenvalue weighted by molar-refractivity contribution is 9.09. The van der Waals surface area contributed by atoms with Crippen LogP contribution in [0.15, 0.2) is 0 Å². The molecule has 0 radical (unpaired) electrons. The molecule has 0 heterocycles. The number of aliphatic hydroxyl groups excluding tert-OH is 4. The molecule has 12 heteroatoms. The van der Waals surface area contributed by atoms with Crippen LogP contribution in [0.4, 0.5) is 0 Å². The molecule has 0 aliphatic rings. The second-order valence-electron chi connectivity index (χ2n) is 3.69. The highest BCUT2D eigenvalue weighted by atomic mass is 79.9. The van der Waals surface area contributed by atoms with Gasteiger partial charge in [-0.2, -0.15) is 25.3 Å². The van der Waals surface area contributed by atoms with E-state index in [4.69, 9.17) is 35.4 Å². The number of ether oxygens (including phenoxy) is 1. The summed E-state index contributed by atoms with van der Waals surface area (Å²) in [5.41, 5.74) is 0. The summed E-state index contributed by atoms with van der Waals surface area (Å²) >= 11 is 9.93. The number of carboxylic acid groups (broad SMARTS) is 2. The van der Waals surface area contributed by atoms with Crippen molar-refractivity contribution < 1.29 is 45.0 Å². The first-order valence-corrected chi connectivity index (χ1v) is 8.88. The number of carbonyl (C=O) groups is 2. The summed E-state index contributed by atoms with van der Waals surface area (Å²) in [6.07, 6.45) is -0.664. The number of alkyl halides is 1. The summed E-state index contributed by atoms with van der Waals surface area (Å²) in [7, 11) is 0. The van der Waals surface area contributed by atoms with E-state index < -0.39 is 18.0 Å². The minimum atomic E-state index is -0.881. The maximum atomic E-state index is 9.29. The van der Waals surface area contributed by atoms with Gasteiger partial charge in [0, 0.05) is 5.33 Å². The summed E-state index contributed by atoms with van der Waals surface area (Å²) in [4.78, 5) is 18.6. The Kier molecular flexibility index (Phi) is 36.6. The molecule has 6 N–H and O–H groups in total. The van der Waals surface area contributed by atoms with Crippen molar-refractivity contribution in [1.29, 1.82) is 0 Å². The fourth-order valence-electron chi connectivity index (χ4n) is 0.373. The summed E-state index contributed by atoms with van der Waals surface area (Å²) in [6.45, 7) is 1.77. The average molecular weight is 459 g/mol. The lowest BCUT2D eigenvalue weighted by Crippen LogP contribution is -2.22. The van der Waals surface area contributed by atoms with Gasteiger partial charge in [-0.1, -0.05) is 15.9 Å². The maximum Gasteiger partial charge on any atom is 0.313 e. The molecule has 0 spiro atoms. The zero-order valence-corrected chi connectivity index (χ0v) is 16.7. The lowest BCUT2D eigenvalue weighted by molar-refractivity contribution is -0.134. The van der Waals surface area contributed by atoms with Crippen LogP contribution in [0.5, 0.6) is 0 Å². The van der Waals surface area contributed by atoms with Gasteiger partial charge >= 0.3 is 11.9 Å². The van der Waals surface area contributed by atoms with E-state index in [0.29, 0.717) is 5.33 Å². The Morgan fingerprint density at radius 3 is 1.54 bits per heavy atom. The third kappa shape index (κ3) is 49.5. The van der Waals surface area contributed by atoms with E-state index in [1.54, 1.807) is 6.92 Å². The lowest BCUT2D eigenvalue weighted by atomic mass is 10.4. The molecule has 0 aliphatic carbocycles. The topological polar surface area (TPSA) is 165 Å². The maximum absolute atomic E-state index is 9.29. The summed E-state index contributed by atoms with van der Waals surface area (Å²) < 4.78 is 5.01. The summed E-state index contributed by atoms with van der Waals surface area (Å²) in [5, 5.41) is 48.5. The monoisotopic (exact) mass is 458 g/mol. The molecule has 0 aromatic rings. The number of carboxylic acids is 2. The van der Waals surface area contributed by atoms with Gasteiger partial charge in [0.15, 0.2) is 0 Å². The normalized spacial score (nSPS) is 11.3. The van der Waals surface area contributed by atoms with Gasteiger partial charge in [0.1, 0.15) is 0 Å². The van der Waals surface area contributed by atoms with E-state index in [0.717, 1.165) is 0 Å². The van der Waals surface area contributed by atoms with Crippen molar-refractivity contribution in [1.82, 2.24) is 0 Å². The average Bonchev–Trinajstić information content (AvgIpc) is 2.60. The van der Waals surface area contributed by atoms with Gasteiger partial charge in [-0.05, 0) is 6.92 Å². The Morgan fingerprint density at radius 2 is 1.38 bits per heavy atom. The number of thiol groups is 2. The first kappa shape index (κ1) is 31.7. The van der Waals surface area contributed by atoms with Crippen molar-refractivity contribution in [3.63, 3.8) is 0 Å². The van der Waals surface area contributed by atoms with Gasteiger partial charge in [-0.25, -0.2) is 0 Å². The van der Waals surface area contributed by atoms with Gasteiger partial charge in [-0.15, -0.1) is 0 Å². The van der Waals surface area contributed by atoms with Crippen molar-refractivity contribution in [2.75, 3.05) is 43.3 Å². The zero-order chi connectivity index (χ0) is 20.0. The third-order valence-electron chi connectivity index (χ3n) is 1.38. The van der Waals surface area contributed by atoms with Crippen LogP contribution in [0.25, 0.3) is 0 Å². The lowest BCUT2D eigenvalue weighted by Gasteiger charge is -2.12. The SMILES string of the molecule is CC(CO)OCC(O)CBr.O=C(O)CS.O=C(O)CS.OCCO. The van der Waals surface area contributed by atoms with Gasteiger partial charge in [0.05, 0.1) is 50.1 Å². The summed E-state index contributed by atoms with van der Waals surface area (Å²) in [6, 6.07) is 0. The number of hydrogen-bond donors (Lipinski definition) is 8. The smallest absolute Gasteiger partial charge is 0.313 e. The molecule has 0 rings (SSSR count). The van der Waals surface area contributed by atoms with Gasteiger partial charge < -0.3 is 35.4 Å². The van der Waals surface area contributed by atoms with Crippen LogP contribution in [0, 0.1) is 0 Å². The predicted molar refractivity (Wildman–Crippen MR) is 99.4 cm³/mol. The minimum absolute atomic E-state index is 0.00495. The largest absolute Gasteiger partial charge is 0.481 e. The Labute approximate surface area is 160 Å². The molecule has 0 aliphatic heterocycles. The van der Waals surface area contributed by atoms with Crippen molar-refractivity contribution >= 4 is 53.1 Å². The molecular weight excluding hydrogens is 432 g/mol. The second kappa shape index (κ2) is 27.8. The number of rotatable bonds is 8. The molecule has 0 aromatic heterocycles. The van der Waals surface area contributed by atoms with Crippen LogP contribution < -0.4 is 0 Å². The zero-order valence-electron chi connectivity index (χ0n) is 13.3. The quantitative estimate of drug-likeness (QED) is 0.170. The van der Waals surface area contributed by atoms with Crippen LogP contribution in [-0.2, 0) is 14.3 Å². The van der Waals surface area contributed by atoms with E-state index in [2.05, 4.69) is 41.2 Å². The highest BCUT2D eigenvalue weighted by Gasteiger charge is 2.04. The fourth-order valence-corrected chi connectivity index (χ4v) is 0.560. The molecule has 24 heavy (non-hydrogen) atoms. The molecule has 0 aromatic carbocycles. The Hall–Kier alpha value is -0.0800. The van der Waals surface area contributed by atoms with Crippen LogP contribution in [-0.4, -0.2) is 98.0 Å². The van der Waals surface area contributed by atoms with E-state index in [9.17, 15) is 9.59 Å². The van der Waals surface area contributed by atoms with Gasteiger partial charge in [0.2, 0.25) is 0 Å². The number of aliphatic carboxylic acids is 2. The van der Waals surface area contributed by atoms with E-state index in [1.807, 2.05) is 0 Å². The first-order chi connectivity index (χ1) is 11.2. The number of halogens is 1. The summed E-state index contributed by atoms with van der Waals surface area (Å²) in [5.74, 6) is -1.93. The molecule has 0 fully saturated rings.